The van der Waals surface area contributed by atoms with Crippen molar-refractivity contribution in [2.24, 2.45) is 0 Å². The van der Waals surface area contributed by atoms with Crippen molar-refractivity contribution < 1.29 is 9.21 Å². The molecule has 3 rings (SSSR count). The molecule has 20 heavy (non-hydrogen) atoms. The van der Waals surface area contributed by atoms with Gasteiger partial charge in [-0.05, 0) is 24.3 Å². The largest absolute Gasteiger partial charge is 0.467 e. The van der Waals surface area contributed by atoms with Crippen LogP contribution in [0, 0.1) is 0 Å². The fourth-order valence-electron chi connectivity index (χ4n) is 1.75. The molecule has 0 bridgehead atoms. The molecule has 0 fully saturated rings. The Kier molecular flexibility index (Phi) is 3.24. The average molecular weight is 269 g/mol. The topological polar surface area (TPSA) is 85.8 Å². The first-order valence-corrected chi connectivity index (χ1v) is 5.95. The van der Waals surface area contributed by atoms with Crippen LogP contribution in [-0.2, 0) is 6.54 Å². The van der Waals surface area contributed by atoms with Crippen LogP contribution in [0.4, 0.5) is 0 Å². The Morgan fingerprint density at radius 1 is 1.35 bits per heavy atom. The van der Waals surface area contributed by atoms with Gasteiger partial charge in [-0.2, -0.15) is 5.10 Å². The van der Waals surface area contributed by atoms with Crippen molar-refractivity contribution in [3.05, 3.63) is 60.7 Å². The predicted molar refractivity (Wildman–Crippen MR) is 69.0 cm³/mol. The number of rotatable bonds is 4. The Balaban J connectivity index is 1.81. The Bertz CT molecular complexity index is 691. The first-order chi connectivity index (χ1) is 9.84. The van der Waals surface area contributed by atoms with E-state index in [4.69, 9.17) is 4.42 Å². The SMILES string of the molecule is O=C(NCc1ccco1)c1cccnc1-n1cncn1. The molecule has 0 spiro atoms. The zero-order valence-electron chi connectivity index (χ0n) is 10.4. The standard InChI is InChI=1S/C13H11N5O2/c19-13(16-7-10-3-2-6-20-10)11-4-1-5-15-12(11)18-9-14-8-17-18/h1-6,8-9H,7H2,(H,16,19). The van der Waals surface area contributed by atoms with E-state index < -0.39 is 0 Å². The summed E-state index contributed by atoms with van der Waals surface area (Å²) in [6.45, 7) is 0.317. The highest BCUT2D eigenvalue weighted by Crippen LogP contribution is 2.10. The monoisotopic (exact) mass is 269 g/mol. The summed E-state index contributed by atoms with van der Waals surface area (Å²) in [5, 5.41) is 6.75. The van der Waals surface area contributed by atoms with E-state index in [-0.39, 0.29) is 5.91 Å². The minimum Gasteiger partial charge on any atom is -0.467 e. The van der Waals surface area contributed by atoms with E-state index in [0.717, 1.165) is 0 Å². The lowest BCUT2D eigenvalue weighted by Gasteiger charge is -2.07. The molecule has 7 heteroatoms. The van der Waals surface area contributed by atoms with E-state index in [1.54, 1.807) is 36.7 Å². The fourth-order valence-corrected chi connectivity index (χ4v) is 1.75. The number of aromatic nitrogens is 4. The Morgan fingerprint density at radius 2 is 2.30 bits per heavy atom. The van der Waals surface area contributed by atoms with Gasteiger partial charge in [0, 0.05) is 6.20 Å². The lowest BCUT2D eigenvalue weighted by atomic mass is 10.2. The van der Waals surface area contributed by atoms with Crippen LogP contribution in [0.2, 0.25) is 0 Å². The predicted octanol–water partition coefficient (Wildman–Crippen LogP) is 1.19. The van der Waals surface area contributed by atoms with Crippen LogP contribution in [-0.4, -0.2) is 25.7 Å². The van der Waals surface area contributed by atoms with E-state index >= 15 is 0 Å². The minimum atomic E-state index is -0.250. The molecule has 100 valence electrons. The molecule has 0 aliphatic rings. The highest BCUT2D eigenvalue weighted by atomic mass is 16.3. The molecule has 0 aliphatic carbocycles. The summed E-state index contributed by atoms with van der Waals surface area (Å²) >= 11 is 0. The molecule has 0 radical (unpaired) electrons. The number of hydrogen-bond acceptors (Lipinski definition) is 5. The van der Waals surface area contributed by atoms with Crippen LogP contribution in [0.3, 0.4) is 0 Å². The number of amides is 1. The van der Waals surface area contributed by atoms with Crippen molar-refractivity contribution in [3.8, 4) is 5.82 Å². The number of carbonyl (C=O) groups excluding carboxylic acids is 1. The van der Waals surface area contributed by atoms with Gasteiger partial charge in [-0.25, -0.2) is 14.6 Å². The molecule has 0 saturated heterocycles. The summed E-state index contributed by atoms with van der Waals surface area (Å²) in [5.74, 6) is 0.867. The van der Waals surface area contributed by atoms with Crippen molar-refractivity contribution >= 4 is 5.91 Å². The summed E-state index contributed by atoms with van der Waals surface area (Å²) in [6.07, 6.45) is 6.04. The second-order valence-corrected chi connectivity index (χ2v) is 3.98. The van der Waals surface area contributed by atoms with Crippen molar-refractivity contribution in [1.29, 1.82) is 0 Å². The van der Waals surface area contributed by atoms with Crippen LogP contribution in [0.25, 0.3) is 5.82 Å². The third-order valence-corrected chi connectivity index (χ3v) is 2.67. The number of nitrogens with zero attached hydrogens (tertiary/aromatic N) is 4. The van der Waals surface area contributed by atoms with E-state index in [9.17, 15) is 4.79 Å². The fraction of sp³-hybridized carbons (Fsp3) is 0.0769. The molecule has 3 aromatic rings. The maximum Gasteiger partial charge on any atom is 0.255 e. The maximum absolute atomic E-state index is 12.2. The second kappa shape index (κ2) is 5.35. The lowest BCUT2D eigenvalue weighted by molar-refractivity contribution is 0.0947. The van der Waals surface area contributed by atoms with Gasteiger partial charge >= 0.3 is 0 Å². The second-order valence-electron chi connectivity index (χ2n) is 3.98. The van der Waals surface area contributed by atoms with Gasteiger partial charge in [-0.1, -0.05) is 0 Å². The highest BCUT2D eigenvalue weighted by Gasteiger charge is 2.14. The van der Waals surface area contributed by atoms with E-state index in [1.165, 1.54) is 17.3 Å². The van der Waals surface area contributed by atoms with E-state index in [0.29, 0.717) is 23.7 Å². The Labute approximate surface area is 114 Å². The van der Waals surface area contributed by atoms with Crippen molar-refractivity contribution in [3.63, 3.8) is 0 Å². The summed E-state index contributed by atoms with van der Waals surface area (Å²) < 4.78 is 6.61. The van der Waals surface area contributed by atoms with Crippen molar-refractivity contribution in [2.45, 2.75) is 6.54 Å². The van der Waals surface area contributed by atoms with Crippen LogP contribution in [0.5, 0.6) is 0 Å². The molecule has 0 aromatic carbocycles. The Morgan fingerprint density at radius 3 is 3.05 bits per heavy atom. The van der Waals surface area contributed by atoms with Gasteiger partial charge in [0.2, 0.25) is 0 Å². The molecular formula is C13H11N5O2. The first-order valence-electron chi connectivity index (χ1n) is 5.95. The number of furan rings is 1. The summed E-state index contributed by atoms with van der Waals surface area (Å²) in [4.78, 5) is 20.2. The Hall–Kier alpha value is -2.96. The van der Waals surface area contributed by atoms with Gasteiger partial charge in [-0.3, -0.25) is 4.79 Å². The van der Waals surface area contributed by atoms with Gasteiger partial charge in [0.15, 0.2) is 5.82 Å². The van der Waals surface area contributed by atoms with Crippen LogP contribution in [0.1, 0.15) is 16.1 Å². The van der Waals surface area contributed by atoms with Crippen molar-refractivity contribution in [2.75, 3.05) is 0 Å². The van der Waals surface area contributed by atoms with Gasteiger partial charge in [0.05, 0.1) is 18.4 Å². The van der Waals surface area contributed by atoms with Gasteiger partial charge in [0.25, 0.3) is 5.91 Å². The molecule has 3 aromatic heterocycles. The van der Waals surface area contributed by atoms with Crippen LogP contribution in [0.15, 0.2) is 53.8 Å². The molecule has 1 amide bonds. The normalized spacial score (nSPS) is 10.4. The van der Waals surface area contributed by atoms with Gasteiger partial charge in [0.1, 0.15) is 18.4 Å². The number of nitrogens with one attached hydrogen (secondary N) is 1. The molecule has 3 heterocycles. The molecule has 0 unspecified atom stereocenters. The number of pyridine rings is 1. The average Bonchev–Trinajstić information content (AvgIpc) is 3.18. The summed E-state index contributed by atoms with van der Waals surface area (Å²) in [7, 11) is 0. The molecule has 1 N–H and O–H groups in total. The number of hydrogen-bond donors (Lipinski definition) is 1. The third-order valence-electron chi connectivity index (χ3n) is 2.67. The van der Waals surface area contributed by atoms with Gasteiger partial charge in [-0.15, -0.1) is 0 Å². The maximum atomic E-state index is 12.2. The molecule has 0 saturated carbocycles. The third kappa shape index (κ3) is 2.41. The van der Waals surface area contributed by atoms with Crippen LogP contribution < -0.4 is 5.32 Å². The summed E-state index contributed by atoms with van der Waals surface area (Å²) in [6, 6.07) is 6.94. The lowest BCUT2D eigenvalue weighted by Crippen LogP contribution is -2.24. The van der Waals surface area contributed by atoms with E-state index in [2.05, 4.69) is 20.4 Å². The quantitative estimate of drug-likeness (QED) is 0.768. The minimum absolute atomic E-state index is 0.250. The molecule has 0 aliphatic heterocycles. The first kappa shape index (κ1) is 12.1. The number of carbonyl (C=O) groups is 1. The molecule has 7 nitrogen and oxygen atoms in total. The van der Waals surface area contributed by atoms with Gasteiger partial charge < -0.3 is 9.73 Å². The van der Waals surface area contributed by atoms with Crippen molar-refractivity contribution in [1.82, 2.24) is 25.1 Å². The smallest absolute Gasteiger partial charge is 0.255 e. The zero-order valence-corrected chi connectivity index (χ0v) is 10.4. The van der Waals surface area contributed by atoms with E-state index in [1.807, 2.05) is 0 Å². The molecular weight excluding hydrogens is 258 g/mol. The zero-order chi connectivity index (χ0) is 13.8. The van der Waals surface area contributed by atoms with Crippen LogP contribution >= 0.6 is 0 Å². The molecule has 0 atom stereocenters. The summed E-state index contributed by atoms with van der Waals surface area (Å²) in [5.41, 5.74) is 0.421. The highest BCUT2D eigenvalue weighted by molar-refractivity contribution is 5.96.